The van der Waals surface area contributed by atoms with Crippen LogP contribution in [0.25, 0.3) is 0 Å². The minimum Gasteiger partial charge on any atom is -0.508 e. The molecule has 2 bridgehead atoms. The molecule has 6 nitrogen and oxygen atoms in total. The van der Waals surface area contributed by atoms with Crippen molar-refractivity contribution in [3.63, 3.8) is 0 Å². The number of amides is 2. The molecule has 3 aliphatic rings. The van der Waals surface area contributed by atoms with E-state index in [2.05, 4.69) is 35.3 Å². The number of likely N-dealkylation sites (N-methyl/N-ethyl adjacent to an activating group) is 2. The number of carbonyl (C=O) groups excluding carboxylic acids is 1. The Kier molecular flexibility index (Phi) is 6.23. The second-order valence-corrected chi connectivity index (χ2v) is 11.1. The van der Waals surface area contributed by atoms with Crippen molar-refractivity contribution in [2.24, 2.45) is 5.92 Å². The number of likely N-dealkylation sites (tertiary alicyclic amines) is 2. The molecule has 0 spiro atoms. The SMILES string of the molecule is CN1CCC2c3cc(O)ccc3CC1C2N(C)CC1CCN(C(=O)NC(C)(C)C)CC1. The average Bonchev–Trinajstić information content (AvgIpc) is 2.69. The lowest BCUT2D eigenvalue weighted by atomic mass is 9.71. The molecule has 2 fully saturated rings. The second kappa shape index (κ2) is 8.62. The number of carbonyl (C=O) groups is 1. The van der Waals surface area contributed by atoms with Gasteiger partial charge in [0.15, 0.2) is 0 Å². The van der Waals surface area contributed by atoms with Crippen LogP contribution in [0, 0.1) is 5.92 Å². The van der Waals surface area contributed by atoms with Gasteiger partial charge < -0.3 is 25.1 Å². The van der Waals surface area contributed by atoms with Crippen LogP contribution in [0.1, 0.15) is 57.1 Å². The fraction of sp³-hybridized carbons (Fsp3) is 0.720. The van der Waals surface area contributed by atoms with E-state index in [4.69, 9.17) is 0 Å². The highest BCUT2D eigenvalue weighted by Crippen LogP contribution is 2.43. The Morgan fingerprint density at radius 3 is 2.58 bits per heavy atom. The third kappa shape index (κ3) is 4.85. The lowest BCUT2D eigenvalue weighted by molar-refractivity contribution is 0.0309. The molecule has 1 aliphatic carbocycles. The summed E-state index contributed by atoms with van der Waals surface area (Å²) in [6.45, 7) is 9.97. The lowest BCUT2D eigenvalue weighted by Crippen LogP contribution is -2.60. The van der Waals surface area contributed by atoms with Gasteiger partial charge in [-0.1, -0.05) is 6.07 Å². The number of nitrogens with zero attached hydrogens (tertiary/aromatic N) is 3. The van der Waals surface area contributed by atoms with Crippen molar-refractivity contribution >= 4 is 6.03 Å². The van der Waals surface area contributed by atoms with Gasteiger partial charge in [-0.05, 0) is 96.3 Å². The highest BCUT2D eigenvalue weighted by molar-refractivity contribution is 5.75. The van der Waals surface area contributed by atoms with Crippen molar-refractivity contribution in [3.8, 4) is 5.75 Å². The minimum absolute atomic E-state index is 0.0687. The van der Waals surface area contributed by atoms with Crippen LogP contribution in [-0.2, 0) is 6.42 Å². The van der Waals surface area contributed by atoms with Crippen LogP contribution in [0.2, 0.25) is 0 Å². The first-order valence-electron chi connectivity index (χ1n) is 11.9. The molecular weight excluding hydrogens is 388 g/mol. The van der Waals surface area contributed by atoms with Crippen LogP contribution < -0.4 is 5.32 Å². The highest BCUT2D eigenvalue weighted by Gasteiger charge is 2.44. The van der Waals surface area contributed by atoms with Crippen molar-refractivity contribution in [2.45, 2.75) is 70.0 Å². The zero-order valence-electron chi connectivity index (χ0n) is 19.9. The van der Waals surface area contributed by atoms with E-state index >= 15 is 0 Å². The standard InChI is InChI=1S/C25H40N4O2/c1-25(2,3)26-24(31)29-12-8-17(9-13-29)16-28(5)23-20-10-11-27(4)22(23)14-18-6-7-19(30)15-21(18)20/h6-7,15,17,20,22-23,30H,8-14,16H2,1-5H3,(H,26,31). The van der Waals surface area contributed by atoms with Gasteiger partial charge in [0.25, 0.3) is 0 Å². The maximum atomic E-state index is 12.5. The van der Waals surface area contributed by atoms with Gasteiger partial charge in [0.1, 0.15) is 5.75 Å². The van der Waals surface area contributed by atoms with E-state index in [-0.39, 0.29) is 11.6 Å². The number of hydrogen-bond donors (Lipinski definition) is 2. The minimum atomic E-state index is -0.191. The number of phenolic OH excluding ortho intramolecular Hbond substituents is 1. The number of benzene rings is 1. The van der Waals surface area contributed by atoms with E-state index in [0.29, 0.717) is 29.7 Å². The number of nitrogens with one attached hydrogen (secondary N) is 1. The molecule has 2 saturated heterocycles. The summed E-state index contributed by atoms with van der Waals surface area (Å²) < 4.78 is 0. The number of urea groups is 1. The quantitative estimate of drug-likeness (QED) is 0.776. The first kappa shape index (κ1) is 22.4. The third-order valence-electron chi connectivity index (χ3n) is 7.56. The van der Waals surface area contributed by atoms with E-state index in [0.717, 1.165) is 51.9 Å². The summed E-state index contributed by atoms with van der Waals surface area (Å²) in [5.74, 6) is 1.50. The first-order valence-corrected chi connectivity index (χ1v) is 11.9. The predicted octanol–water partition coefficient (Wildman–Crippen LogP) is 3.26. The molecule has 2 aliphatic heterocycles. The molecule has 1 aromatic rings. The molecule has 4 rings (SSSR count). The molecule has 2 amide bonds. The van der Waals surface area contributed by atoms with Gasteiger partial charge in [-0.15, -0.1) is 0 Å². The van der Waals surface area contributed by atoms with Crippen LogP contribution in [0.4, 0.5) is 4.79 Å². The predicted molar refractivity (Wildman–Crippen MR) is 125 cm³/mol. The number of rotatable bonds is 3. The van der Waals surface area contributed by atoms with Gasteiger partial charge in [0.2, 0.25) is 0 Å². The van der Waals surface area contributed by atoms with E-state index in [1.54, 1.807) is 0 Å². The Morgan fingerprint density at radius 2 is 1.90 bits per heavy atom. The normalized spacial score (nSPS) is 27.3. The van der Waals surface area contributed by atoms with E-state index in [1.165, 1.54) is 11.1 Å². The Hall–Kier alpha value is -1.79. The van der Waals surface area contributed by atoms with Gasteiger partial charge in [-0.2, -0.15) is 0 Å². The molecule has 2 N–H and O–H groups in total. The molecule has 0 saturated carbocycles. The summed E-state index contributed by atoms with van der Waals surface area (Å²) in [7, 11) is 4.55. The topological polar surface area (TPSA) is 59.1 Å². The number of piperidine rings is 2. The molecule has 3 atom stereocenters. The Bertz CT molecular complexity index is 797. The summed E-state index contributed by atoms with van der Waals surface area (Å²) in [5.41, 5.74) is 2.57. The van der Waals surface area contributed by atoms with E-state index in [1.807, 2.05) is 37.8 Å². The second-order valence-electron chi connectivity index (χ2n) is 11.1. The number of fused-ring (bicyclic) bond motifs is 4. The summed E-state index contributed by atoms with van der Waals surface area (Å²) in [6.07, 6.45) is 4.33. The average molecular weight is 429 g/mol. The van der Waals surface area contributed by atoms with E-state index in [9.17, 15) is 9.90 Å². The lowest BCUT2D eigenvalue weighted by Gasteiger charge is -2.52. The number of phenols is 1. The highest BCUT2D eigenvalue weighted by atomic mass is 16.3. The molecule has 172 valence electrons. The van der Waals surface area contributed by atoms with Crippen LogP contribution in [0.15, 0.2) is 18.2 Å². The number of aromatic hydroxyl groups is 1. The van der Waals surface area contributed by atoms with Gasteiger partial charge >= 0.3 is 6.03 Å². The largest absolute Gasteiger partial charge is 0.508 e. The van der Waals surface area contributed by atoms with Crippen LogP contribution >= 0.6 is 0 Å². The van der Waals surface area contributed by atoms with Crippen LogP contribution in [0.5, 0.6) is 5.75 Å². The molecule has 1 aromatic carbocycles. The summed E-state index contributed by atoms with van der Waals surface area (Å²) >= 11 is 0. The molecular formula is C25H40N4O2. The zero-order valence-corrected chi connectivity index (χ0v) is 19.9. The Morgan fingerprint density at radius 1 is 1.19 bits per heavy atom. The Labute approximate surface area is 187 Å². The molecule has 6 heteroatoms. The Balaban J connectivity index is 1.40. The summed E-state index contributed by atoms with van der Waals surface area (Å²) in [6, 6.07) is 7.04. The van der Waals surface area contributed by atoms with Gasteiger partial charge in [0, 0.05) is 43.2 Å². The third-order valence-corrected chi connectivity index (χ3v) is 7.56. The van der Waals surface area contributed by atoms with Crippen LogP contribution in [-0.4, -0.2) is 83.7 Å². The fourth-order valence-electron chi connectivity index (χ4n) is 6.01. The molecule has 2 heterocycles. The fourth-order valence-corrected chi connectivity index (χ4v) is 6.01. The summed E-state index contributed by atoms with van der Waals surface area (Å²) in [5, 5.41) is 13.2. The monoisotopic (exact) mass is 428 g/mol. The first-order chi connectivity index (χ1) is 14.6. The maximum absolute atomic E-state index is 12.5. The van der Waals surface area contributed by atoms with E-state index < -0.39 is 0 Å². The van der Waals surface area contributed by atoms with Crippen molar-refractivity contribution in [2.75, 3.05) is 40.3 Å². The van der Waals surface area contributed by atoms with Gasteiger partial charge in [-0.25, -0.2) is 4.79 Å². The molecule has 0 aromatic heterocycles. The van der Waals surface area contributed by atoms with Gasteiger partial charge in [-0.3, -0.25) is 0 Å². The van der Waals surface area contributed by atoms with Crippen molar-refractivity contribution in [3.05, 3.63) is 29.3 Å². The number of hydrogen-bond acceptors (Lipinski definition) is 4. The summed E-state index contributed by atoms with van der Waals surface area (Å²) in [4.78, 5) is 19.6. The molecule has 3 unspecified atom stereocenters. The van der Waals surface area contributed by atoms with Gasteiger partial charge in [0.05, 0.1) is 0 Å². The smallest absolute Gasteiger partial charge is 0.317 e. The maximum Gasteiger partial charge on any atom is 0.317 e. The molecule has 0 radical (unpaired) electrons. The molecule has 31 heavy (non-hydrogen) atoms. The van der Waals surface area contributed by atoms with Crippen molar-refractivity contribution in [1.82, 2.24) is 20.0 Å². The van der Waals surface area contributed by atoms with Crippen molar-refractivity contribution in [1.29, 1.82) is 0 Å². The van der Waals surface area contributed by atoms with Crippen LogP contribution in [0.3, 0.4) is 0 Å². The van der Waals surface area contributed by atoms with Crippen molar-refractivity contribution < 1.29 is 9.90 Å². The zero-order chi connectivity index (χ0) is 22.3.